The molecular formula is C28H34. The Kier molecular flexibility index (Phi) is 8.41. The summed E-state index contributed by atoms with van der Waals surface area (Å²) in [7, 11) is 0. The topological polar surface area (TPSA) is 0 Å². The van der Waals surface area contributed by atoms with Crippen molar-refractivity contribution >= 4 is 0 Å². The molecule has 1 saturated carbocycles. The maximum atomic E-state index is 3.80. The van der Waals surface area contributed by atoms with Crippen LogP contribution >= 0.6 is 0 Å². The summed E-state index contributed by atoms with van der Waals surface area (Å²) in [5.41, 5.74) is 9.47. The van der Waals surface area contributed by atoms with Crippen molar-refractivity contribution in [1.82, 2.24) is 0 Å². The minimum Gasteiger partial charge on any atom is -0.118 e. The largest absolute Gasteiger partial charge is 0.118 e. The first kappa shape index (κ1) is 20.4. The van der Waals surface area contributed by atoms with E-state index in [-0.39, 0.29) is 0 Å². The number of hydrogen-bond acceptors (Lipinski definition) is 0. The lowest BCUT2D eigenvalue weighted by Gasteiger charge is -2.21. The van der Waals surface area contributed by atoms with Gasteiger partial charge in [-0.2, -0.15) is 0 Å². The maximum Gasteiger partial charge on any atom is -0.00331 e. The van der Waals surface area contributed by atoms with E-state index in [0.717, 1.165) is 25.7 Å². The second-order valence-electron chi connectivity index (χ2n) is 8.11. The van der Waals surface area contributed by atoms with Gasteiger partial charge in [0, 0.05) is 0 Å². The molecule has 0 bridgehead atoms. The van der Waals surface area contributed by atoms with Crippen molar-refractivity contribution in [2.45, 2.75) is 64.7 Å². The molecule has 146 valence electrons. The Hall–Kier alpha value is -2.30. The first-order valence-corrected chi connectivity index (χ1v) is 11.0. The first-order chi connectivity index (χ1) is 13.8. The fourth-order valence-corrected chi connectivity index (χ4v) is 4.08. The molecule has 0 atom stereocenters. The third kappa shape index (κ3) is 7.02. The van der Waals surface area contributed by atoms with Gasteiger partial charge in [0.1, 0.15) is 0 Å². The monoisotopic (exact) mass is 370 g/mol. The number of hydrogen-bond donors (Lipinski definition) is 0. The van der Waals surface area contributed by atoms with Crippen LogP contribution in [0.25, 0.3) is 0 Å². The van der Waals surface area contributed by atoms with Gasteiger partial charge in [0.05, 0.1) is 0 Å². The Labute approximate surface area is 171 Å². The molecule has 3 rings (SSSR count). The van der Waals surface area contributed by atoms with E-state index in [1.807, 2.05) is 0 Å². The molecule has 2 aromatic rings. The van der Waals surface area contributed by atoms with Crippen LogP contribution in [-0.4, -0.2) is 0 Å². The summed E-state index contributed by atoms with van der Waals surface area (Å²) in [6.45, 7) is 2.25. The Bertz CT molecular complexity index is 782. The number of benzene rings is 2. The molecule has 0 heteroatoms. The number of allylic oxidation sites excluding steroid dienone is 3. The summed E-state index contributed by atoms with van der Waals surface area (Å²) < 4.78 is 0. The van der Waals surface area contributed by atoms with E-state index in [4.69, 9.17) is 0 Å². The van der Waals surface area contributed by atoms with Gasteiger partial charge in [-0.3, -0.25) is 0 Å². The average molecular weight is 371 g/mol. The van der Waals surface area contributed by atoms with Crippen LogP contribution in [0.5, 0.6) is 0 Å². The highest BCUT2D eigenvalue weighted by Crippen LogP contribution is 2.30. The average Bonchev–Trinajstić information content (AvgIpc) is 2.76. The fourth-order valence-electron chi connectivity index (χ4n) is 4.08. The maximum absolute atomic E-state index is 3.80. The normalized spacial score (nSPS) is 14.8. The molecule has 0 spiro atoms. The van der Waals surface area contributed by atoms with Crippen molar-refractivity contribution in [3.05, 3.63) is 101 Å². The lowest BCUT2D eigenvalue weighted by Crippen LogP contribution is -2.07. The molecule has 0 nitrogen and oxygen atoms in total. The molecule has 0 saturated heterocycles. The highest BCUT2D eigenvalue weighted by atomic mass is 14.2. The molecule has 0 unspecified atom stereocenters. The van der Waals surface area contributed by atoms with Crippen molar-refractivity contribution in [2.24, 2.45) is 5.92 Å². The molecule has 0 radical (unpaired) electrons. The van der Waals surface area contributed by atoms with Gasteiger partial charge in [0.25, 0.3) is 0 Å². The van der Waals surface area contributed by atoms with Gasteiger partial charge in [-0.1, -0.05) is 92.1 Å². The molecule has 2 aromatic carbocycles. The fraction of sp³-hybridized carbons (Fsp3) is 0.393. The molecular weight excluding hydrogens is 336 g/mol. The summed E-state index contributed by atoms with van der Waals surface area (Å²) in [6, 6.07) is 21.6. The van der Waals surface area contributed by atoms with Gasteiger partial charge in [-0.15, -0.1) is 5.73 Å². The standard InChI is InChI=1S/C28H34/c1-24(21-22-26-15-7-3-8-16-26)23-28(27-18-9-4-10-19-27)20-12-11-17-25-13-5-2-6-14-25/h2-3,5-8,12-16,20,27H,4,9-11,17-19,21-22H2,1H3/b20-12+. The molecule has 0 aliphatic heterocycles. The quantitative estimate of drug-likeness (QED) is 0.328. The van der Waals surface area contributed by atoms with Crippen molar-refractivity contribution in [1.29, 1.82) is 0 Å². The molecule has 28 heavy (non-hydrogen) atoms. The second kappa shape index (κ2) is 11.5. The zero-order chi connectivity index (χ0) is 19.4. The van der Waals surface area contributed by atoms with Gasteiger partial charge in [0.2, 0.25) is 0 Å². The summed E-state index contributed by atoms with van der Waals surface area (Å²) in [5, 5.41) is 0. The Morgan fingerprint density at radius 3 is 2.11 bits per heavy atom. The number of rotatable bonds is 8. The van der Waals surface area contributed by atoms with E-state index in [9.17, 15) is 0 Å². The van der Waals surface area contributed by atoms with Crippen LogP contribution < -0.4 is 0 Å². The molecule has 1 aliphatic rings. The van der Waals surface area contributed by atoms with Crippen LogP contribution in [0.15, 0.2) is 89.7 Å². The summed E-state index contributed by atoms with van der Waals surface area (Å²) in [6.07, 6.45) is 16.0. The van der Waals surface area contributed by atoms with Crippen molar-refractivity contribution in [3.63, 3.8) is 0 Å². The van der Waals surface area contributed by atoms with Crippen molar-refractivity contribution in [2.75, 3.05) is 0 Å². The van der Waals surface area contributed by atoms with Crippen molar-refractivity contribution < 1.29 is 0 Å². The third-order valence-electron chi connectivity index (χ3n) is 5.77. The zero-order valence-electron chi connectivity index (χ0n) is 17.4. The highest BCUT2D eigenvalue weighted by molar-refractivity contribution is 5.25. The summed E-state index contributed by atoms with van der Waals surface area (Å²) in [4.78, 5) is 0. The van der Waals surface area contributed by atoms with E-state index in [1.165, 1.54) is 54.4 Å². The van der Waals surface area contributed by atoms with Gasteiger partial charge in [-0.05, 0) is 73.6 Å². The molecule has 0 heterocycles. The van der Waals surface area contributed by atoms with Gasteiger partial charge in [0.15, 0.2) is 0 Å². The smallest absolute Gasteiger partial charge is 0.00331 e. The summed E-state index contributed by atoms with van der Waals surface area (Å²) in [5.74, 6) is 0.702. The number of aryl methyl sites for hydroxylation is 2. The SMILES string of the molecule is CC(=C=C(/C=C/CCc1ccccc1)C1CCCCC1)CCc1ccccc1. The Balaban J connectivity index is 1.66. The van der Waals surface area contributed by atoms with Crippen LogP contribution in [0.4, 0.5) is 0 Å². The van der Waals surface area contributed by atoms with Gasteiger partial charge < -0.3 is 0 Å². The van der Waals surface area contributed by atoms with E-state index in [2.05, 4.69) is 85.5 Å². The van der Waals surface area contributed by atoms with Crippen LogP contribution in [-0.2, 0) is 12.8 Å². The Morgan fingerprint density at radius 1 is 0.857 bits per heavy atom. The minimum absolute atomic E-state index is 0.702. The van der Waals surface area contributed by atoms with Gasteiger partial charge >= 0.3 is 0 Å². The van der Waals surface area contributed by atoms with E-state index >= 15 is 0 Å². The predicted octanol–water partition coefficient (Wildman–Crippen LogP) is 7.86. The molecule has 0 N–H and O–H groups in total. The Morgan fingerprint density at radius 2 is 1.46 bits per heavy atom. The second-order valence-corrected chi connectivity index (χ2v) is 8.11. The van der Waals surface area contributed by atoms with E-state index in [1.54, 1.807) is 0 Å². The minimum atomic E-state index is 0.702. The van der Waals surface area contributed by atoms with Gasteiger partial charge in [-0.25, -0.2) is 0 Å². The highest BCUT2D eigenvalue weighted by Gasteiger charge is 2.16. The van der Waals surface area contributed by atoms with Crippen LogP contribution in [0.1, 0.15) is 63.0 Å². The molecule has 1 fully saturated rings. The zero-order valence-corrected chi connectivity index (χ0v) is 17.4. The third-order valence-corrected chi connectivity index (χ3v) is 5.77. The summed E-state index contributed by atoms with van der Waals surface area (Å²) >= 11 is 0. The lowest BCUT2D eigenvalue weighted by molar-refractivity contribution is 0.408. The van der Waals surface area contributed by atoms with Crippen LogP contribution in [0.2, 0.25) is 0 Å². The van der Waals surface area contributed by atoms with Crippen molar-refractivity contribution in [3.8, 4) is 0 Å². The molecule has 0 amide bonds. The molecule has 1 aliphatic carbocycles. The van der Waals surface area contributed by atoms with Crippen LogP contribution in [0, 0.1) is 5.92 Å². The predicted molar refractivity (Wildman–Crippen MR) is 121 cm³/mol. The van der Waals surface area contributed by atoms with Crippen LogP contribution in [0.3, 0.4) is 0 Å². The molecule has 0 aromatic heterocycles. The van der Waals surface area contributed by atoms with E-state index < -0.39 is 0 Å². The first-order valence-electron chi connectivity index (χ1n) is 11.0. The van der Waals surface area contributed by atoms with E-state index in [0.29, 0.717) is 5.92 Å². The lowest BCUT2D eigenvalue weighted by atomic mass is 9.83.